The molecule has 1 aliphatic rings. The topological polar surface area (TPSA) is 102 Å². The number of nitrogens with one attached hydrogen (secondary N) is 1. The first-order valence-corrected chi connectivity index (χ1v) is 9.35. The summed E-state index contributed by atoms with van der Waals surface area (Å²) < 4.78 is 18.9. The lowest BCUT2D eigenvalue weighted by Gasteiger charge is -2.30. The Morgan fingerprint density at radius 1 is 1.48 bits per heavy atom. The zero-order valence-corrected chi connectivity index (χ0v) is 16.0. The summed E-state index contributed by atoms with van der Waals surface area (Å²) in [6.07, 6.45) is 3.35. The minimum absolute atomic E-state index is 0.0485. The van der Waals surface area contributed by atoms with Crippen LogP contribution in [-0.2, 0) is 5.54 Å². The second kappa shape index (κ2) is 8.10. The number of hydrogen-bond donors (Lipinski definition) is 2. The number of aliphatic imine (C=N–C) groups is 1. The molecular formula is C17H17ClFN5O2S. The Morgan fingerprint density at radius 2 is 2.30 bits per heavy atom. The maximum atomic E-state index is 13.8. The Balaban J connectivity index is 1.86. The van der Waals surface area contributed by atoms with Crippen LogP contribution in [0.5, 0.6) is 5.75 Å². The number of methoxy groups -OCH3 is 1. The highest BCUT2D eigenvalue weighted by Gasteiger charge is 2.36. The average molecular weight is 410 g/mol. The highest BCUT2D eigenvalue weighted by atomic mass is 35.5. The van der Waals surface area contributed by atoms with Crippen molar-refractivity contribution in [2.45, 2.75) is 12.0 Å². The van der Waals surface area contributed by atoms with E-state index in [2.05, 4.69) is 20.3 Å². The quantitative estimate of drug-likeness (QED) is 0.786. The van der Waals surface area contributed by atoms with E-state index < -0.39 is 18.1 Å². The van der Waals surface area contributed by atoms with E-state index in [1.54, 1.807) is 12.1 Å². The zero-order chi connectivity index (χ0) is 19.4. The lowest BCUT2D eigenvalue weighted by molar-refractivity contribution is 0.102. The highest BCUT2D eigenvalue weighted by Crippen LogP contribution is 2.35. The second-order valence-corrected chi connectivity index (χ2v) is 7.33. The number of carbonyl (C=O) groups excluding carboxylic acids is 1. The number of aromatic nitrogens is 2. The number of alkyl halides is 1. The van der Waals surface area contributed by atoms with Gasteiger partial charge in [0.1, 0.15) is 23.7 Å². The normalized spacial score (nSPS) is 19.3. The fraction of sp³-hybridized carbons (Fsp3) is 0.294. The Morgan fingerprint density at radius 3 is 2.96 bits per heavy atom. The molecule has 3 N–H and O–H groups in total. The molecule has 1 aliphatic heterocycles. The molecule has 7 nitrogen and oxygen atoms in total. The molecule has 0 unspecified atom stereocenters. The van der Waals surface area contributed by atoms with Crippen LogP contribution in [0.4, 0.5) is 10.1 Å². The van der Waals surface area contributed by atoms with Crippen molar-refractivity contribution in [3.05, 3.63) is 47.0 Å². The van der Waals surface area contributed by atoms with Crippen molar-refractivity contribution in [1.82, 2.24) is 9.97 Å². The predicted molar refractivity (Wildman–Crippen MR) is 104 cm³/mol. The Kier molecular flexibility index (Phi) is 5.81. The lowest BCUT2D eigenvalue weighted by atomic mass is 9.93. The van der Waals surface area contributed by atoms with Gasteiger partial charge in [-0.25, -0.2) is 14.4 Å². The van der Waals surface area contributed by atoms with Crippen molar-refractivity contribution >= 4 is 40.1 Å². The molecule has 0 saturated heterocycles. The van der Waals surface area contributed by atoms with Crippen molar-refractivity contribution in [2.75, 3.05) is 24.9 Å². The van der Waals surface area contributed by atoms with Gasteiger partial charge in [0, 0.05) is 23.7 Å². The Bertz CT molecular complexity index is 897. The third kappa shape index (κ3) is 4.14. The summed E-state index contributed by atoms with van der Waals surface area (Å²) in [5.74, 6) is 0.581. The molecule has 0 fully saturated rings. The van der Waals surface area contributed by atoms with Gasteiger partial charge in [-0.3, -0.25) is 9.78 Å². The van der Waals surface area contributed by atoms with E-state index >= 15 is 0 Å². The first-order valence-electron chi connectivity index (χ1n) is 7.99. The number of thioether (sulfide) groups is 1. The number of halogens is 2. The van der Waals surface area contributed by atoms with Crippen LogP contribution in [0, 0.1) is 0 Å². The van der Waals surface area contributed by atoms with E-state index in [1.165, 1.54) is 37.3 Å². The van der Waals surface area contributed by atoms with Crippen LogP contribution in [0.25, 0.3) is 0 Å². The number of carbonyl (C=O) groups is 1. The Labute approximate surface area is 164 Å². The van der Waals surface area contributed by atoms with E-state index in [0.29, 0.717) is 34.5 Å². The van der Waals surface area contributed by atoms with Crippen LogP contribution in [0.15, 0.2) is 35.6 Å². The fourth-order valence-electron chi connectivity index (χ4n) is 2.63. The third-order valence-electron chi connectivity index (χ3n) is 4.07. The van der Waals surface area contributed by atoms with Crippen LogP contribution in [0.3, 0.4) is 0 Å². The molecule has 2 aromatic heterocycles. The van der Waals surface area contributed by atoms with Gasteiger partial charge >= 0.3 is 0 Å². The van der Waals surface area contributed by atoms with Gasteiger partial charge in [-0.2, -0.15) is 0 Å². The largest absolute Gasteiger partial charge is 0.495 e. The molecule has 0 bridgehead atoms. The van der Waals surface area contributed by atoms with Crippen molar-refractivity contribution < 1.29 is 13.9 Å². The Hall–Kier alpha value is -2.39. The van der Waals surface area contributed by atoms with Crippen LogP contribution in [0.2, 0.25) is 5.02 Å². The monoisotopic (exact) mass is 409 g/mol. The first kappa shape index (κ1) is 19.4. The first-order chi connectivity index (χ1) is 13.0. The van der Waals surface area contributed by atoms with E-state index in [9.17, 15) is 9.18 Å². The van der Waals surface area contributed by atoms with E-state index in [1.807, 2.05) is 0 Å². The SMILES string of the molecule is COc1cnc(C(=O)Nc2ccnc([C@]3(CF)CCSC(N)=N3)c2)c(Cl)c1. The maximum absolute atomic E-state index is 13.8. The molecule has 3 rings (SSSR count). The smallest absolute Gasteiger partial charge is 0.275 e. The van der Waals surface area contributed by atoms with Gasteiger partial charge in [-0.05, 0) is 18.6 Å². The molecule has 1 atom stereocenters. The van der Waals surface area contributed by atoms with Crippen molar-refractivity contribution in [1.29, 1.82) is 0 Å². The van der Waals surface area contributed by atoms with Crippen LogP contribution >= 0.6 is 23.4 Å². The summed E-state index contributed by atoms with van der Waals surface area (Å²) in [5.41, 5.74) is 5.52. The summed E-state index contributed by atoms with van der Waals surface area (Å²) in [7, 11) is 1.48. The van der Waals surface area contributed by atoms with E-state index in [0.717, 1.165) is 0 Å². The number of anilines is 1. The van der Waals surface area contributed by atoms with Gasteiger partial charge in [-0.1, -0.05) is 23.4 Å². The molecule has 2 aromatic rings. The molecule has 0 aromatic carbocycles. The molecular weight excluding hydrogens is 393 g/mol. The number of amides is 1. The minimum atomic E-state index is -1.13. The van der Waals surface area contributed by atoms with E-state index in [4.69, 9.17) is 22.1 Å². The molecule has 3 heterocycles. The van der Waals surface area contributed by atoms with E-state index in [-0.39, 0.29) is 10.7 Å². The molecule has 0 spiro atoms. The molecule has 27 heavy (non-hydrogen) atoms. The summed E-state index contributed by atoms with van der Waals surface area (Å²) in [6, 6.07) is 4.67. The number of rotatable bonds is 5. The summed E-state index contributed by atoms with van der Waals surface area (Å²) in [6.45, 7) is -0.732. The summed E-state index contributed by atoms with van der Waals surface area (Å²) in [5, 5.41) is 3.17. The van der Waals surface area contributed by atoms with Crippen LogP contribution in [-0.4, -0.2) is 40.6 Å². The molecule has 0 aliphatic carbocycles. The zero-order valence-electron chi connectivity index (χ0n) is 14.4. The van der Waals surface area contributed by atoms with Gasteiger partial charge < -0.3 is 15.8 Å². The number of hydrogen-bond acceptors (Lipinski definition) is 7. The summed E-state index contributed by atoms with van der Waals surface area (Å²) in [4.78, 5) is 25.0. The third-order valence-corrected chi connectivity index (χ3v) is 5.16. The molecule has 10 heteroatoms. The number of pyridine rings is 2. The van der Waals surface area contributed by atoms with Crippen LogP contribution in [0.1, 0.15) is 22.6 Å². The number of nitrogens with two attached hydrogens (primary N) is 1. The van der Waals surface area contributed by atoms with Crippen LogP contribution < -0.4 is 15.8 Å². The second-order valence-electron chi connectivity index (χ2n) is 5.80. The highest BCUT2D eigenvalue weighted by molar-refractivity contribution is 8.13. The predicted octanol–water partition coefficient (Wildman–Crippen LogP) is 3.01. The standard InChI is InChI=1S/C17H17ClFN5O2S/c1-26-11-7-12(18)14(22-8-11)15(25)23-10-2-4-21-13(6-10)17(9-19)3-5-27-16(20)24-17/h2,4,6-8H,3,5,9H2,1H3,(H2,20,24)(H,21,23,25)/t17-/m1/s1. The minimum Gasteiger partial charge on any atom is -0.495 e. The molecule has 0 radical (unpaired) electrons. The maximum Gasteiger partial charge on any atom is 0.275 e. The van der Waals surface area contributed by atoms with Gasteiger partial charge in [0.05, 0.1) is 24.0 Å². The van der Waals surface area contributed by atoms with Crippen molar-refractivity contribution in [3.8, 4) is 5.75 Å². The molecule has 0 saturated carbocycles. The molecule has 142 valence electrons. The lowest BCUT2D eigenvalue weighted by Crippen LogP contribution is -2.34. The number of amidine groups is 1. The number of ether oxygens (including phenoxy) is 1. The van der Waals surface area contributed by atoms with Gasteiger partial charge in [0.15, 0.2) is 5.17 Å². The molecule has 1 amide bonds. The summed E-state index contributed by atoms with van der Waals surface area (Å²) >= 11 is 7.46. The fourth-order valence-corrected chi connectivity index (χ4v) is 3.76. The van der Waals surface area contributed by atoms with Gasteiger partial charge in [0.2, 0.25) is 0 Å². The van der Waals surface area contributed by atoms with Gasteiger partial charge in [-0.15, -0.1) is 0 Å². The van der Waals surface area contributed by atoms with Crippen molar-refractivity contribution in [2.24, 2.45) is 10.7 Å². The van der Waals surface area contributed by atoms with Gasteiger partial charge in [0.25, 0.3) is 5.91 Å². The van der Waals surface area contributed by atoms with Crippen molar-refractivity contribution in [3.63, 3.8) is 0 Å². The number of nitrogens with zero attached hydrogens (tertiary/aromatic N) is 3. The average Bonchev–Trinajstić information content (AvgIpc) is 2.67.